The molecule has 8 aromatic heterocycles. The molecular formula is C76H50Ir3N8-2. The average Bonchev–Trinajstić information content (AvgIpc) is 1.58. The van der Waals surface area contributed by atoms with Gasteiger partial charge in [-0.3, -0.25) is 15.0 Å². The molecule has 87 heavy (non-hydrogen) atoms. The third-order valence-electron chi connectivity index (χ3n) is 17.1. The Morgan fingerprint density at radius 3 is 1.47 bits per heavy atom. The number of fused-ring (bicyclic) bond motifs is 28. The quantitative estimate of drug-likeness (QED) is 0.0935. The minimum Gasteiger partial charge on any atom is -0.340 e. The summed E-state index contributed by atoms with van der Waals surface area (Å²) >= 11 is 0. The summed E-state index contributed by atoms with van der Waals surface area (Å²) in [6, 6.07) is 92.9. The van der Waals surface area contributed by atoms with Gasteiger partial charge in [0.1, 0.15) is 12.1 Å². The van der Waals surface area contributed by atoms with E-state index < -0.39 is 0 Å². The van der Waals surface area contributed by atoms with Gasteiger partial charge in [0, 0.05) is 106 Å². The molecule has 11 heteroatoms. The Bertz CT molecular complexity index is 5850. The fourth-order valence-corrected chi connectivity index (χ4v) is 13.4. The van der Waals surface area contributed by atoms with Gasteiger partial charge in [0.2, 0.25) is 0 Å². The maximum atomic E-state index is 4.93. The van der Waals surface area contributed by atoms with Gasteiger partial charge in [0.25, 0.3) is 5.65 Å². The van der Waals surface area contributed by atoms with E-state index in [1.807, 2.05) is 54.9 Å². The molecule has 0 bridgehead atoms. The smallest absolute Gasteiger partial charge is 0.296 e. The number of imidazole rings is 4. The number of rotatable bonds is 1. The first-order chi connectivity index (χ1) is 41.6. The predicted molar refractivity (Wildman–Crippen MR) is 345 cm³/mol. The van der Waals surface area contributed by atoms with Crippen LogP contribution in [-0.2, 0) is 66.9 Å². The molecule has 19 aromatic rings. The van der Waals surface area contributed by atoms with Crippen molar-refractivity contribution in [2.75, 3.05) is 0 Å². The molecule has 0 saturated carbocycles. The monoisotopic (exact) mass is 1650 g/mol. The van der Waals surface area contributed by atoms with E-state index in [2.05, 4.69) is 253 Å². The van der Waals surface area contributed by atoms with E-state index in [1.165, 1.54) is 104 Å². The Balaban J connectivity index is 0.000000102. The van der Waals surface area contributed by atoms with Gasteiger partial charge in [0.05, 0.1) is 44.4 Å². The van der Waals surface area contributed by atoms with Crippen LogP contribution in [0.4, 0.5) is 0 Å². The molecule has 8 nitrogen and oxygen atoms in total. The summed E-state index contributed by atoms with van der Waals surface area (Å²) in [6.07, 6.45) is 3.83. The molecule has 20 rings (SSSR count). The van der Waals surface area contributed by atoms with Gasteiger partial charge in [-0.1, -0.05) is 151 Å². The van der Waals surface area contributed by atoms with E-state index in [1.54, 1.807) is 0 Å². The SMILES string of the molecule is CC(C)c1ccc2nc3c4[c-]cccc4c4ccccc4n3c2c1.[Ir].[Ir].[Ir].[c-]1cccc2c1c1nc3ccccc3n1c1ccccc21.[c-]1cccc2c1c1nccn1c1ccccc21.c1cc2c3c(c1)c1ccccc1n1c4ccccc4[n+](c31)C2. The number of para-hydroxylation sites is 8. The molecule has 1 aliphatic rings. The van der Waals surface area contributed by atoms with Gasteiger partial charge in [0.15, 0.2) is 11.0 Å². The summed E-state index contributed by atoms with van der Waals surface area (Å²) in [5.74, 6) is 0.498. The molecular weight excluding hydrogens is 1600 g/mol. The topological polar surface area (TPSA) is 60.2 Å². The van der Waals surface area contributed by atoms with Crippen molar-refractivity contribution in [2.24, 2.45) is 0 Å². The van der Waals surface area contributed by atoms with Gasteiger partial charge >= 0.3 is 0 Å². The zero-order chi connectivity index (χ0) is 55.6. The van der Waals surface area contributed by atoms with Crippen LogP contribution in [0.1, 0.15) is 30.9 Å². The fraction of sp³-hybridized carbons (Fsp3) is 0.0526. The van der Waals surface area contributed by atoms with Crippen molar-refractivity contribution in [3.8, 4) is 0 Å². The van der Waals surface area contributed by atoms with Crippen LogP contribution in [0.3, 0.4) is 0 Å². The number of pyridine rings is 4. The third kappa shape index (κ3) is 8.71. The Morgan fingerprint density at radius 2 is 0.862 bits per heavy atom. The molecule has 0 saturated heterocycles. The predicted octanol–water partition coefficient (Wildman–Crippen LogP) is 17.8. The number of aromatic nitrogens is 8. The minimum atomic E-state index is 0. The molecule has 11 aromatic carbocycles. The van der Waals surface area contributed by atoms with Crippen LogP contribution >= 0.6 is 0 Å². The van der Waals surface area contributed by atoms with Crippen molar-refractivity contribution in [3.05, 3.63) is 278 Å². The van der Waals surface area contributed by atoms with Crippen LogP contribution in [0, 0.1) is 18.2 Å². The van der Waals surface area contributed by atoms with E-state index in [4.69, 9.17) is 9.97 Å². The Hall–Kier alpha value is -9.01. The molecule has 3 radical (unpaired) electrons. The molecule has 0 spiro atoms. The molecule has 0 fully saturated rings. The van der Waals surface area contributed by atoms with Gasteiger partial charge < -0.3 is 13.2 Å². The van der Waals surface area contributed by atoms with E-state index in [0.29, 0.717) is 5.92 Å². The van der Waals surface area contributed by atoms with Crippen LogP contribution in [0.15, 0.2) is 249 Å². The normalized spacial score (nSPS) is 11.8. The van der Waals surface area contributed by atoms with Crippen LogP contribution in [-0.4, -0.2) is 32.6 Å². The molecule has 423 valence electrons. The maximum Gasteiger partial charge on any atom is 0.296 e. The van der Waals surface area contributed by atoms with Gasteiger partial charge in [-0.2, -0.15) is 4.40 Å². The Kier molecular flexibility index (Phi) is 14.4. The summed E-state index contributed by atoms with van der Waals surface area (Å²) in [6.45, 7) is 5.43. The summed E-state index contributed by atoms with van der Waals surface area (Å²) in [7, 11) is 0. The third-order valence-corrected chi connectivity index (χ3v) is 17.1. The Labute approximate surface area is 540 Å². The van der Waals surface area contributed by atoms with Gasteiger partial charge in [-0.15, -0.1) is 89.0 Å². The standard InChI is InChI=1S/C22H17N2.C20H13N2.C19H11N2.C15H9N2.3Ir/c1-14(2)15-11-12-19-21(13-15)24-20-10-6-5-8-17(20)16-7-3-4-9-18(16)22(24)23-19;1-2-9-16-14(7-1)15-8-5-6-13-12-21-17-10-3-4-11-18(17)22(16)20(21)19(13)15;1-2-9-15-13(7-1)14-8-3-5-11-17(14)21-18-12-6-4-10-16(18)20-19(15)21;1-2-7-13-11(5-1)12-6-3-4-8-14(12)17-10-9-16-15(13)17;;;/h3-8,10-14H,1-2H3;1-11H,12H2;1-8,10-12H;1-6,8-10H;;;/q-1;+1;2*-1;;;. The molecule has 9 heterocycles. The largest absolute Gasteiger partial charge is 0.340 e. The van der Waals surface area contributed by atoms with Gasteiger partial charge in [-0.25, -0.2) is 4.57 Å². The molecule has 0 amide bonds. The second-order valence-corrected chi connectivity index (χ2v) is 22.1. The first-order valence-electron chi connectivity index (χ1n) is 28.7. The van der Waals surface area contributed by atoms with E-state index in [0.717, 1.165) is 56.2 Å². The zero-order valence-corrected chi connectivity index (χ0v) is 54.2. The van der Waals surface area contributed by atoms with Crippen molar-refractivity contribution in [2.45, 2.75) is 26.3 Å². The van der Waals surface area contributed by atoms with Crippen LogP contribution in [0.25, 0.3) is 142 Å². The second kappa shape index (κ2) is 22.4. The zero-order valence-electron chi connectivity index (χ0n) is 47.0. The number of hydrogen-bond acceptors (Lipinski definition) is 3. The number of nitrogens with zero attached hydrogens (tertiary/aromatic N) is 8. The molecule has 0 aliphatic carbocycles. The molecule has 0 unspecified atom stereocenters. The summed E-state index contributed by atoms with van der Waals surface area (Å²) in [5, 5.41) is 14.7. The van der Waals surface area contributed by atoms with Crippen LogP contribution in [0.5, 0.6) is 0 Å². The van der Waals surface area contributed by atoms with E-state index >= 15 is 0 Å². The van der Waals surface area contributed by atoms with E-state index in [-0.39, 0.29) is 60.3 Å². The van der Waals surface area contributed by atoms with Crippen LogP contribution in [0.2, 0.25) is 0 Å². The molecule has 0 atom stereocenters. The van der Waals surface area contributed by atoms with Crippen molar-refractivity contribution in [1.29, 1.82) is 0 Å². The summed E-state index contributed by atoms with van der Waals surface area (Å²) in [5.41, 5.74) is 18.9. The fourth-order valence-electron chi connectivity index (χ4n) is 13.4. The summed E-state index contributed by atoms with van der Waals surface area (Å²) in [4.78, 5) is 14.2. The number of hydrogen-bond donors (Lipinski definition) is 0. The van der Waals surface area contributed by atoms with Crippen molar-refractivity contribution in [1.82, 2.24) is 32.6 Å². The minimum absolute atomic E-state index is 0. The van der Waals surface area contributed by atoms with Gasteiger partial charge in [-0.05, 0) is 88.3 Å². The average molecular weight is 1650 g/mol. The summed E-state index contributed by atoms with van der Waals surface area (Å²) < 4.78 is 11.5. The maximum absolute atomic E-state index is 4.93. The first-order valence-corrected chi connectivity index (χ1v) is 28.7. The molecule has 0 N–H and O–H groups in total. The van der Waals surface area contributed by atoms with Crippen molar-refractivity contribution < 1.29 is 64.9 Å². The number of benzene rings is 11. The molecule has 1 aliphatic heterocycles. The van der Waals surface area contributed by atoms with Crippen molar-refractivity contribution >= 4 is 142 Å². The second-order valence-electron chi connectivity index (χ2n) is 22.1. The van der Waals surface area contributed by atoms with E-state index in [9.17, 15) is 0 Å². The van der Waals surface area contributed by atoms with Crippen molar-refractivity contribution in [3.63, 3.8) is 0 Å². The Morgan fingerprint density at radius 1 is 0.402 bits per heavy atom. The van der Waals surface area contributed by atoms with Crippen LogP contribution < -0.4 is 4.57 Å². The first kappa shape index (κ1) is 55.8.